The lowest BCUT2D eigenvalue weighted by Crippen LogP contribution is -2.19. The molecule has 0 aliphatic carbocycles. The van der Waals surface area contributed by atoms with E-state index in [0.717, 1.165) is 24.5 Å². The maximum absolute atomic E-state index is 5.50. The third-order valence-corrected chi connectivity index (χ3v) is 4.45. The Hall–Kier alpha value is -2.00. The van der Waals surface area contributed by atoms with Gasteiger partial charge in [-0.2, -0.15) is 0 Å². The van der Waals surface area contributed by atoms with Gasteiger partial charge in [-0.15, -0.1) is 0 Å². The van der Waals surface area contributed by atoms with Gasteiger partial charge in [-0.05, 0) is 48.6 Å². The van der Waals surface area contributed by atoms with E-state index in [9.17, 15) is 0 Å². The fourth-order valence-electron chi connectivity index (χ4n) is 3.39. The zero-order valence-corrected chi connectivity index (χ0v) is 11.9. The lowest BCUT2D eigenvalue weighted by atomic mass is 9.88. The van der Waals surface area contributed by atoms with Crippen LogP contribution in [-0.4, -0.2) is 13.3 Å². The standard InChI is InChI=1S/C18H19NO2/c1-2-4-13(5-3-1)10-15-8-9-19-18(15)14-6-7-16-17(11-14)21-12-20-16/h1-7,11,15,18-19H,8-10,12H2. The molecular formula is C18H19NO2. The Morgan fingerprint density at radius 1 is 1.00 bits per heavy atom. The molecule has 2 aliphatic rings. The molecule has 0 bridgehead atoms. The van der Waals surface area contributed by atoms with Gasteiger partial charge in [0.05, 0.1) is 0 Å². The summed E-state index contributed by atoms with van der Waals surface area (Å²) in [6.07, 6.45) is 2.33. The lowest BCUT2D eigenvalue weighted by Gasteiger charge is -2.20. The summed E-state index contributed by atoms with van der Waals surface area (Å²) in [5, 5.41) is 3.64. The van der Waals surface area contributed by atoms with E-state index >= 15 is 0 Å². The molecule has 2 heterocycles. The second-order valence-corrected chi connectivity index (χ2v) is 5.78. The highest BCUT2D eigenvalue weighted by Gasteiger charge is 2.29. The van der Waals surface area contributed by atoms with E-state index in [1.165, 1.54) is 17.5 Å². The highest BCUT2D eigenvalue weighted by atomic mass is 16.7. The molecule has 3 nitrogen and oxygen atoms in total. The van der Waals surface area contributed by atoms with Crippen molar-refractivity contribution in [3.63, 3.8) is 0 Å². The smallest absolute Gasteiger partial charge is 0.231 e. The Balaban J connectivity index is 1.56. The van der Waals surface area contributed by atoms with Crippen LogP contribution in [0.25, 0.3) is 0 Å². The number of benzene rings is 2. The van der Waals surface area contributed by atoms with Gasteiger partial charge in [0.15, 0.2) is 11.5 Å². The Morgan fingerprint density at radius 3 is 2.76 bits per heavy atom. The summed E-state index contributed by atoms with van der Waals surface area (Å²) >= 11 is 0. The van der Waals surface area contributed by atoms with E-state index in [0.29, 0.717) is 18.8 Å². The van der Waals surface area contributed by atoms with Crippen molar-refractivity contribution in [2.45, 2.75) is 18.9 Å². The molecule has 1 N–H and O–H groups in total. The molecule has 0 radical (unpaired) electrons. The second-order valence-electron chi connectivity index (χ2n) is 5.78. The van der Waals surface area contributed by atoms with E-state index in [2.05, 4.69) is 47.8 Å². The van der Waals surface area contributed by atoms with Crippen LogP contribution in [0.4, 0.5) is 0 Å². The van der Waals surface area contributed by atoms with Crippen molar-refractivity contribution < 1.29 is 9.47 Å². The van der Waals surface area contributed by atoms with Gasteiger partial charge in [-0.1, -0.05) is 36.4 Å². The van der Waals surface area contributed by atoms with Crippen LogP contribution < -0.4 is 14.8 Å². The predicted molar refractivity (Wildman–Crippen MR) is 81.6 cm³/mol. The van der Waals surface area contributed by atoms with Gasteiger partial charge in [-0.25, -0.2) is 0 Å². The van der Waals surface area contributed by atoms with Crippen molar-refractivity contribution in [3.05, 3.63) is 59.7 Å². The van der Waals surface area contributed by atoms with Crippen LogP contribution in [-0.2, 0) is 6.42 Å². The van der Waals surface area contributed by atoms with Crippen LogP contribution >= 0.6 is 0 Å². The average molecular weight is 281 g/mol. The topological polar surface area (TPSA) is 30.5 Å². The van der Waals surface area contributed by atoms with Crippen LogP contribution in [0.5, 0.6) is 11.5 Å². The van der Waals surface area contributed by atoms with Crippen LogP contribution in [0.1, 0.15) is 23.6 Å². The van der Waals surface area contributed by atoms with Gasteiger partial charge in [-0.3, -0.25) is 0 Å². The summed E-state index contributed by atoms with van der Waals surface area (Å²) in [6.45, 7) is 1.42. The Morgan fingerprint density at radius 2 is 1.86 bits per heavy atom. The van der Waals surface area contributed by atoms with Crippen molar-refractivity contribution in [1.29, 1.82) is 0 Å². The summed E-state index contributed by atoms with van der Waals surface area (Å²) in [6, 6.07) is 17.5. The molecule has 0 spiro atoms. The van der Waals surface area contributed by atoms with Crippen molar-refractivity contribution in [3.8, 4) is 11.5 Å². The number of hydrogen-bond donors (Lipinski definition) is 1. The minimum absolute atomic E-state index is 0.338. The molecule has 0 aromatic heterocycles. The first kappa shape index (κ1) is 12.7. The molecule has 3 heteroatoms. The molecule has 1 fully saturated rings. The highest BCUT2D eigenvalue weighted by Crippen LogP contribution is 2.38. The minimum Gasteiger partial charge on any atom is -0.454 e. The summed E-state index contributed by atoms with van der Waals surface area (Å²) in [4.78, 5) is 0. The number of ether oxygens (including phenoxy) is 2. The van der Waals surface area contributed by atoms with Crippen LogP contribution in [0.3, 0.4) is 0 Å². The van der Waals surface area contributed by atoms with Crippen molar-refractivity contribution in [1.82, 2.24) is 5.32 Å². The maximum Gasteiger partial charge on any atom is 0.231 e. The predicted octanol–water partition coefficient (Wildman–Crippen LogP) is 3.31. The van der Waals surface area contributed by atoms with Gasteiger partial charge in [0, 0.05) is 6.04 Å². The summed E-state index contributed by atoms with van der Waals surface area (Å²) in [5.74, 6) is 2.36. The van der Waals surface area contributed by atoms with E-state index in [1.807, 2.05) is 6.07 Å². The largest absolute Gasteiger partial charge is 0.454 e. The van der Waals surface area contributed by atoms with Crippen molar-refractivity contribution >= 4 is 0 Å². The van der Waals surface area contributed by atoms with Gasteiger partial charge in [0.1, 0.15) is 0 Å². The quantitative estimate of drug-likeness (QED) is 0.936. The Kier molecular flexibility index (Phi) is 3.28. The number of nitrogens with one attached hydrogen (secondary N) is 1. The fraction of sp³-hybridized carbons (Fsp3) is 0.333. The minimum atomic E-state index is 0.338. The van der Waals surface area contributed by atoms with Crippen molar-refractivity contribution in [2.75, 3.05) is 13.3 Å². The molecule has 2 atom stereocenters. The monoisotopic (exact) mass is 281 g/mol. The molecule has 0 saturated carbocycles. The average Bonchev–Trinajstić information content (AvgIpc) is 3.16. The highest BCUT2D eigenvalue weighted by molar-refractivity contribution is 5.45. The summed E-state index contributed by atoms with van der Waals surface area (Å²) in [5.41, 5.74) is 2.72. The number of hydrogen-bond acceptors (Lipinski definition) is 3. The SMILES string of the molecule is c1ccc(CC2CCNC2c2ccc3c(c2)OCO3)cc1. The maximum atomic E-state index is 5.50. The van der Waals surface area contributed by atoms with Gasteiger partial charge < -0.3 is 14.8 Å². The second kappa shape index (κ2) is 5.41. The van der Waals surface area contributed by atoms with E-state index in [-0.39, 0.29) is 0 Å². The first-order valence-corrected chi connectivity index (χ1v) is 7.57. The molecule has 4 rings (SSSR count). The van der Waals surface area contributed by atoms with Crippen LogP contribution in [0.15, 0.2) is 48.5 Å². The molecule has 1 saturated heterocycles. The number of fused-ring (bicyclic) bond motifs is 1. The normalized spacial score (nSPS) is 23.4. The van der Waals surface area contributed by atoms with Gasteiger partial charge >= 0.3 is 0 Å². The molecule has 0 amide bonds. The molecule has 21 heavy (non-hydrogen) atoms. The molecule has 108 valence electrons. The van der Waals surface area contributed by atoms with Crippen molar-refractivity contribution in [2.24, 2.45) is 5.92 Å². The molecule has 2 aromatic rings. The molecular weight excluding hydrogens is 262 g/mol. The lowest BCUT2D eigenvalue weighted by molar-refractivity contribution is 0.174. The zero-order chi connectivity index (χ0) is 14.1. The number of rotatable bonds is 3. The molecule has 2 unspecified atom stereocenters. The molecule has 2 aromatic carbocycles. The Bertz CT molecular complexity index is 626. The third-order valence-electron chi connectivity index (χ3n) is 4.45. The van der Waals surface area contributed by atoms with E-state index in [4.69, 9.17) is 9.47 Å². The first-order chi connectivity index (χ1) is 10.4. The van der Waals surface area contributed by atoms with Crippen LogP contribution in [0.2, 0.25) is 0 Å². The zero-order valence-electron chi connectivity index (χ0n) is 11.9. The third kappa shape index (κ3) is 2.49. The van der Waals surface area contributed by atoms with E-state index in [1.54, 1.807) is 0 Å². The van der Waals surface area contributed by atoms with Gasteiger partial charge in [0.25, 0.3) is 0 Å². The fourth-order valence-corrected chi connectivity index (χ4v) is 3.39. The van der Waals surface area contributed by atoms with E-state index < -0.39 is 0 Å². The summed E-state index contributed by atoms with van der Waals surface area (Å²) < 4.78 is 10.9. The Labute approximate surface area is 124 Å². The van der Waals surface area contributed by atoms with Gasteiger partial charge in [0.2, 0.25) is 6.79 Å². The first-order valence-electron chi connectivity index (χ1n) is 7.57. The van der Waals surface area contributed by atoms with Crippen LogP contribution in [0, 0.1) is 5.92 Å². The molecule has 2 aliphatic heterocycles. The summed E-state index contributed by atoms with van der Waals surface area (Å²) in [7, 11) is 0.